The Labute approximate surface area is 129 Å². The number of hydrogen-bond donors (Lipinski definition) is 1. The fourth-order valence-electron chi connectivity index (χ4n) is 1.70. The molecule has 2 aromatic carbocycles. The summed E-state index contributed by atoms with van der Waals surface area (Å²) in [6.07, 6.45) is 5.51. The van der Waals surface area contributed by atoms with Gasteiger partial charge in [0.25, 0.3) is 0 Å². The summed E-state index contributed by atoms with van der Waals surface area (Å²) in [5.41, 5.74) is 4.45. The molecule has 1 amide bonds. The average Bonchev–Trinajstić information content (AvgIpc) is 2.50. The SMILES string of the molecule is O=C(Cc1ccc(Cl)cc1)N/N=C\C=C\c1ccccc1. The maximum absolute atomic E-state index is 11.6. The van der Waals surface area contributed by atoms with Crippen LogP contribution in [0.25, 0.3) is 6.08 Å². The van der Waals surface area contributed by atoms with E-state index in [1.807, 2.05) is 48.5 Å². The Kier molecular flexibility index (Phi) is 5.73. The summed E-state index contributed by atoms with van der Waals surface area (Å²) in [5.74, 6) is -0.165. The van der Waals surface area contributed by atoms with Crippen molar-refractivity contribution in [2.75, 3.05) is 0 Å². The lowest BCUT2D eigenvalue weighted by Gasteiger charge is -2.00. The molecule has 0 spiro atoms. The second kappa shape index (κ2) is 8.02. The zero-order valence-electron chi connectivity index (χ0n) is 11.4. The highest BCUT2D eigenvalue weighted by Gasteiger charge is 2.01. The van der Waals surface area contributed by atoms with Gasteiger partial charge < -0.3 is 0 Å². The molecule has 106 valence electrons. The number of carbonyl (C=O) groups is 1. The van der Waals surface area contributed by atoms with Gasteiger partial charge >= 0.3 is 0 Å². The number of carbonyl (C=O) groups excluding carboxylic acids is 1. The predicted molar refractivity (Wildman–Crippen MR) is 87.3 cm³/mol. The number of halogens is 1. The summed E-state index contributed by atoms with van der Waals surface area (Å²) in [7, 11) is 0. The first kappa shape index (κ1) is 15.0. The van der Waals surface area contributed by atoms with E-state index in [1.54, 1.807) is 24.4 Å². The third-order valence-electron chi connectivity index (χ3n) is 2.72. The lowest BCUT2D eigenvalue weighted by atomic mass is 10.1. The largest absolute Gasteiger partial charge is 0.273 e. The molecule has 0 saturated heterocycles. The second-order valence-corrected chi connectivity index (χ2v) is 4.82. The molecule has 21 heavy (non-hydrogen) atoms. The van der Waals surface area contributed by atoms with Crippen LogP contribution in [0.2, 0.25) is 5.02 Å². The number of hydrogen-bond acceptors (Lipinski definition) is 2. The summed E-state index contributed by atoms with van der Waals surface area (Å²) >= 11 is 5.79. The highest BCUT2D eigenvalue weighted by Crippen LogP contribution is 2.09. The van der Waals surface area contributed by atoms with Crippen LogP contribution in [0.1, 0.15) is 11.1 Å². The van der Waals surface area contributed by atoms with Crippen molar-refractivity contribution in [3.05, 3.63) is 76.8 Å². The topological polar surface area (TPSA) is 41.5 Å². The Bertz CT molecular complexity index is 634. The second-order valence-electron chi connectivity index (χ2n) is 4.39. The van der Waals surface area contributed by atoms with Crippen molar-refractivity contribution in [1.29, 1.82) is 0 Å². The number of rotatable bonds is 5. The number of hydrazone groups is 1. The lowest BCUT2D eigenvalue weighted by Crippen LogP contribution is -2.19. The molecule has 3 nitrogen and oxygen atoms in total. The van der Waals surface area contributed by atoms with Gasteiger partial charge in [-0.1, -0.05) is 60.1 Å². The van der Waals surface area contributed by atoms with Gasteiger partial charge in [0, 0.05) is 11.2 Å². The Morgan fingerprint density at radius 2 is 1.81 bits per heavy atom. The van der Waals surface area contributed by atoms with Crippen molar-refractivity contribution in [2.45, 2.75) is 6.42 Å². The molecule has 0 heterocycles. The zero-order chi connectivity index (χ0) is 14.9. The number of benzene rings is 2. The Morgan fingerprint density at radius 3 is 2.52 bits per heavy atom. The molecule has 0 bridgehead atoms. The minimum atomic E-state index is -0.165. The van der Waals surface area contributed by atoms with E-state index in [9.17, 15) is 4.79 Å². The first-order chi connectivity index (χ1) is 10.2. The van der Waals surface area contributed by atoms with E-state index in [2.05, 4.69) is 10.5 Å². The standard InChI is InChI=1S/C17H15ClN2O/c18-16-10-8-15(9-11-16)13-17(21)20-19-12-4-7-14-5-2-1-3-6-14/h1-12H,13H2,(H,20,21)/b7-4+,19-12-. The summed E-state index contributed by atoms with van der Waals surface area (Å²) in [6.45, 7) is 0. The normalized spacial score (nSPS) is 11.1. The molecule has 2 aromatic rings. The fourth-order valence-corrected chi connectivity index (χ4v) is 1.82. The number of nitrogens with one attached hydrogen (secondary N) is 1. The van der Waals surface area contributed by atoms with Crippen LogP contribution in [0, 0.1) is 0 Å². The molecule has 0 unspecified atom stereocenters. The van der Waals surface area contributed by atoms with Gasteiger partial charge in [0.05, 0.1) is 6.42 Å². The average molecular weight is 299 g/mol. The summed E-state index contributed by atoms with van der Waals surface area (Å²) < 4.78 is 0. The van der Waals surface area contributed by atoms with Gasteiger partial charge in [-0.3, -0.25) is 4.79 Å². The van der Waals surface area contributed by atoms with E-state index in [0.717, 1.165) is 11.1 Å². The van der Waals surface area contributed by atoms with Gasteiger partial charge in [-0.05, 0) is 29.3 Å². The predicted octanol–water partition coefficient (Wildman–Crippen LogP) is 3.70. The van der Waals surface area contributed by atoms with Crippen LogP contribution in [-0.4, -0.2) is 12.1 Å². The maximum atomic E-state index is 11.6. The number of amides is 1. The Hall–Kier alpha value is -2.39. The van der Waals surface area contributed by atoms with Gasteiger partial charge in [0.1, 0.15) is 0 Å². The van der Waals surface area contributed by atoms with Crippen molar-refractivity contribution in [1.82, 2.24) is 5.43 Å². The van der Waals surface area contributed by atoms with Gasteiger partial charge in [0.2, 0.25) is 5.91 Å². The zero-order valence-corrected chi connectivity index (χ0v) is 12.1. The molecule has 0 aromatic heterocycles. The maximum Gasteiger partial charge on any atom is 0.244 e. The van der Waals surface area contributed by atoms with E-state index >= 15 is 0 Å². The van der Waals surface area contributed by atoms with Crippen molar-refractivity contribution >= 4 is 29.8 Å². The van der Waals surface area contributed by atoms with Gasteiger partial charge in [0.15, 0.2) is 0 Å². The highest BCUT2D eigenvalue weighted by molar-refractivity contribution is 6.30. The molecule has 0 aliphatic carbocycles. The van der Waals surface area contributed by atoms with Gasteiger partial charge in [-0.25, -0.2) is 5.43 Å². The quantitative estimate of drug-likeness (QED) is 0.664. The summed E-state index contributed by atoms with van der Waals surface area (Å²) in [6, 6.07) is 17.0. The van der Waals surface area contributed by atoms with Crippen LogP contribution in [0.5, 0.6) is 0 Å². The first-order valence-electron chi connectivity index (χ1n) is 6.52. The van der Waals surface area contributed by atoms with Crippen LogP contribution in [-0.2, 0) is 11.2 Å². The third kappa shape index (κ3) is 5.63. The van der Waals surface area contributed by atoms with E-state index in [1.165, 1.54) is 0 Å². The Balaban J connectivity index is 1.77. The summed E-state index contributed by atoms with van der Waals surface area (Å²) in [4.78, 5) is 11.6. The minimum Gasteiger partial charge on any atom is -0.273 e. The highest BCUT2D eigenvalue weighted by atomic mass is 35.5. The van der Waals surface area contributed by atoms with E-state index in [-0.39, 0.29) is 12.3 Å². The Morgan fingerprint density at radius 1 is 1.10 bits per heavy atom. The van der Waals surface area contributed by atoms with Crippen molar-refractivity contribution in [3.8, 4) is 0 Å². The summed E-state index contributed by atoms with van der Waals surface area (Å²) in [5, 5.41) is 4.52. The van der Waals surface area contributed by atoms with E-state index < -0.39 is 0 Å². The molecule has 0 aliphatic heterocycles. The smallest absolute Gasteiger partial charge is 0.244 e. The first-order valence-corrected chi connectivity index (χ1v) is 6.90. The van der Waals surface area contributed by atoms with Crippen LogP contribution in [0.4, 0.5) is 0 Å². The monoisotopic (exact) mass is 298 g/mol. The van der Waals surface area contributed by atoms with Crippen molar-refractivity contribution in [2.24, 2.45) is 5.10 Å². The molecule has 0 aliphatic rings. The van der Waals surface area contributed by atoms with Gasteiger partial charge in [-0.15, -0.1) is 0 Å². The van der Waals surface area contributed by atoms with E-state index in [4.69, 9.17) is 11.6 Å². The fraction of sp³-hybridized carbons (Fsp3) is 0.0588. The van der Waals surface area contributed by atoms with Gasteiger partial charge in [-0.2, -0.15) is 5.10 Å². The molecular formula is C17H15ClN2O. The molecule has 1 N–H and O–H groups in total. The van der Waals surface area contributed by atoms with Crippen molar-refractivity contribution < 1.29 is 4.79 Å². The molecule has 0 saturated carbocycles. The number of allylic oxidation sites excluding steroid dienone is 1. The lowest BCUT2D eigenvalue weighted by molar-refractivity contribution is -0.120. The van der Waals surface area contributed by atoms with Crippen LogP contribution in [0.15, 0.2) is 65.8 Å². The molecule has 2 rings (SSSR count). The van der Waals surface area contributed by atoms with Crippen LogP contribution >= 0.6 is 11.6 Å². The third-order valence-corrected chi connectivity index (χ3v) is 2.97. The molecular weight excluding hydrogens is 284 g/mol. The van der Waals surface area contributed by atoms with Crippen LogP contribution in [0.3, 0.4) is 0 Å². The molecule has 0 radical (unpaired) electrons. The molecule has 0 fully saturated rings. The molecule has 0 atom stereocenters. The number of nitrogens with zero attached hydrogens (tertiary/aromatic N) is 1. The van der Waals surface area contributed by atoms with E-state index in [0.29, 0.717) is 5.02 Å². The van der Waals surface area contributed by atoms with Crippen LogP contribution < -0.4 is 5.43 Å². The minimum absolute atomic E-state index is 0.165. The van der Waals surface area contributed by atoms with Crippen molar-refractivity contribution in [3.63, 3.8) is 0 Å². The molecule has 4 heteroatoms.